The van der Waals surface area contributed by atoms with Crippen LogP contribution in [-0.2, 0) is 9.47 Å². The number of benzene rings is 1. The Morgan fingerprint density at radius 2 is 1.89 bits per heavy atom. The van der Waals surface area contributed by atoms with Gasteiger partial charge in [0.05, 0.1) is 12.7 Å². The first-order valence-electron chi connectivity index (χ1n) is 7.18. The summed E-state index contributed by atoms with van der Waals surface area (Å²) < 4.78 is 11.5. The smallest absolute Gasteiger partial charge is 0.0973 e. The van der Waals surface area contributed by atoms with Crippen LogP contribution in [0.2, 0.25) is 0 Å². The monoisotopic (exact) mass is 263 g/mol. The van der Waals surface area contributed by atoms with Crippen LogP contribution >= 0.6 is 0 Å². The average Bonchev–Trinajstić information content (AvgIpc) is 2.42. The molecule has 2 unspecified atom stereocenters. The van der Waals surface area contributed by atoms with Crippen molar-refractivity contribution < 1.29 is 9.47 Å². The zero-order valence-electron chi connectivity index (χ0n) is 12.0. The van der Waals surface area contributed by atoms with Crippen LogP contribution in [0.3, 0.4) is 0 Å². The lowest BCUT2D eigenvalue weighted by atomic mass is 10.00. The summed E-state index contributed by atoms with van der Waals surface area (Å²) in [6.45, 7) is 6.61. The molecule has 0 aliphatic carbocycles. The van der Waals surface area contributed by atoms with Gasteiger partial charge < -0.3 is 15.2 Å². The number of aryl methyl sites for hydroxylation is 1. The van der Waals surface area contributed by atoms with Gasteiger partial charge in [0.1, 0.15) is 0 Å². The van der Waals surface area contributed by atoms with Gasteiger partial charge in [0.2, 0.25) is 0 Å². The van der Waals surface area contributed by atoms with Gasteiger partial charge in [0.15, 0.2) is 0 Å². The molecule has 2 atom stereocenters. The quantitative estimate of drug-likeness (QED) is 0.888. The summed E-state index contributed by atoms with van der Waals surface area (Å²) >= 11 is 0. The summed E-state index contributed by atoms with van der Waals surface area (Å²) in [6.07, 6.45) is 2.18. The molecule has 106 valence electrons. The van der Waals surface area contributed by atoms with Crippen LogP contribution in [0.25, 0.3) is 0 Å². The lowest BCUT2D eigenvalue weighted by Crippen LogP contribution is -2.29. The van der Waals surface area contributed by atoms with Gasteiger partial charge in [-0.25, -0.2) is 0 Å². The maximum absolute atomic E-state index is 6.09. The maximum atomic E-state index is 6.09. The molecule has 2 rings (SSSR count). The summed E-state index contributed by atoms with van der Waals surface area (Å²) in [7, 11) is 0. The molecule has 19 heavy (non-hydrogen) atoms. The summed E-state index contributed by atoms with van der Waals surface area (Å²) in [6, 6.07) is 8.47. The largest absolute Gasteiger partial charge is 0.381 e. The first kappa shape index (κ1) is 14.5. The molecule has 0 aromatic heterocycles. The van der Waals surface area contributed by atoms with Crippen molar-refractivity contribution in [2.45, 2.75) is 38.8 Å². The minimum atomic E-state index is -0.0107. The number of hydrogen-bond acceptors (Lipinski definition) is 3. The predicted octanol–water partition coefficient (Wildman–Crippen LogP) is 2.83. The van der Waals surface area contributed by atoms with E-state index >= 15 is 0 Å². The molecule has 1 aliphatic heterocycles. The van der Waals surface area contributed by atoms with E-state index in [1.807, 2.05) is 6.92 Å². The summed E-state index contributed by atoms with van der Waals surface area (Å²) in [5.41, 5.74) is 8.51. The summed E-state index contributed by atoms with van der Waals surface area (Å²) in [5.74, 6) is 0.612. The Labute approximate surface area is 116 Å². The third-order valence-corrected chi connectivity index (χ3v) is 3.74. The predicted molar refractivity (Wildman–Crippen MR) is 77.1 cm³/mol. The van der Waals surface area contributed by atoms with Crippen molar-refractivity contribution in [3.05, 3.63) is 35.4 Å². The van der Waals surface area contributed by atoms with E-state index in [4.69, 9.17) is 15.2 Å². The molecule has 2 N–H and O–H groups in total. The van der Waals surface area contributed by atoms with Gasteiger partial charge in [0.25, 0.3) is 0 Å². The van der Waals surface area contributed by atoms with Crippen LogP contribution in [0.4, 0.5) is 0 Å². The number of ether oxygens (including phenoxy) is 2. The third kappa shape index (κ3) is 4.30. The molecule has 0 amide bonds. The summed E-state index contributed by atoms with van der Waals surface area (Å²) in [5, 5.41) is 0. The third-order valence-electron chi connectivity index (χ3n) is 3.74. The number of rotatable bonds is 5. The number of hydrogen-bond donors (Lipinski definition) is 1. The molecule has 0 bridgehead atoms. The van der Waals surface area contributed by atoms with Gasteiger partial charge in [0, 0.05) is 19.3 Å². The van der Waals surface area contributed by atoms with E-state index in [2.05, 4.69) is 31.2 Å². The van der Waals surface area contributed by atoms with Crippen molar-refractivity contribution in [1.29, 1.82) is 0 Å². The standard InChI is InChI=1S/C16H25NO2/c1-12-3-5-15(6-4-12)16(13(2)17)19-11-14-7-9-18-10-8-14/h3-6,13-14,16H,7-11,17H2,1-2H3. The molecule has 1 aliphatic rings. The van der Waals surface area contributed by atoms with Crippen molar-refractivity contribution in [3.63, 3.8) is 0 Å². The van der Waals surface area contributed by atoms with Crippen molar-refractivity contribution in [2.75, 3.05) is 19.8 Å². The zero-order chi connectivity index (χ0) is 13.7. The highest BCUT2D eigenvalue weighted by molar-refractivity contribution is 5.24. The SMILES string of the molecule is Cc1ccc(C(OCC2CCOCC2)C(C)N)cc1. The molecular formula is C16H25NO2. The molecule has 1 aromatic rings. The van der Waals surface area contributed by atoms with Gasteiger partial charge in [-0.05, 0) is 38.2 Å². The van der Waals surface area contributed by atoms with Crippen LogP contribution in [0, 0.1) is 12.8 Å². The highest BCUT2D eigenvalue weighted by atomic mass is 16.5. The molecule has 1 fully saturated rings. The van der Waals surface area contributed by atoms with Crippen LogP contribution in [-0.4, -0.2) is 25.9 Å². The normalized spacial score (nSPS) is 20.2. The molecule has 3 nitrogen and oxygen atoms in total. The van der Waals surface area contributed by atoms with E-state index in [9.17, 15) is 0 Å². The van der Waals surface area contributed by atoms with E-state index in [0.29, 0.717) is 5.92 Å². The molecular weight excluding hydrogens is 238 g/mol. The van der Waals surface area contributed by atoms with Crippen LogP contribution in [0.5, 0.6) is 0 Å². The Bertz CT molecular complexity index is 369. The molecule has 1 heterocycles. The van der Waals surface area contributed by atoms with Gasteiger partial charge in [-0.1, -0.05) is 29.8 Å². The molecule has 0 radical (unpaired) electrons. The minimum Gasteiger partial charge on any atom is -0.381 e. The molecule has 1 aromatic carbocycles. The Balaban J connectivity index is 1.94. The van der Waals surface area contributed by atoms with Crippen LogP contribution in [0.1, 0.15) is 37.0 Å². The van der Waals surface area contributed by atoms with E-state index in [1.165, 1.54) is 11.1 Å². The second kappa shape index (κ2) is 7.04. The topological polar surface area (TPSA) is 44.5 Å². The fraction of sp³-hybridized carbons (Fsp3) is 0.625. The Morgan fingerprint density at radius 3 is 2.47 bits per heavy atom. The van der Waals surface area contributed by atoms with Crippen molar-refractivity contribution in [3.8, 4) is 0 Å². The minimum absolute atomic E-state index is 0.00236. The second-order valence-corrected chi connectivity index (χ2v) is 5.58. The maximum Gasteiger partial charge on any atom is 0.0973 e. The molecule has 0 saturated carbocycles. The van der Waals surface area contributed by atoms with Crippen molar-refractivity contribution in [1.82, 2.24) is 0 Å². The first-order chi connectivity index (χ1) is 9.16. The molecule has 1 saturated heterocycles. The zero-order valence-corrected chi connectivity index (χ0v) is 12.0. The molecule has 3 heteroatoms. The lowest BCUT2D eigenvalue weighted by Gasteiger charge is -2.27. The van der Waals surface area contributed by atoms with E-state index < -0.39 is 0 Å². The Hall–Kier alpha value is -0.900. The summed E-state index contributed by atoms with van der Waals surface area (Å²) in [4.78, 5) is 0. The Morgan fingerprint density at radius 1 is 1.26 bits per heavy atom. The average molecular weight is 263 g/mol. The fourth-order valence-corrected chi connectivity index (χ4v) is 2.46. The van der Waals surface area contributed by atoms with Gasteiger partial charge in [-0.3, -0.25) is 0 Å². The van der Waals surface area contributed by atoms with Crippen LogP contribution < -0.4 is 5.73 Å². The lowest BCUT2D eigenvalue weighted by molar-refractivity contribution is -0.0187. The molecule has 0 spiro atoms. The van der Waals surface area contributed by atoms with Crippen molar-refractivity contribution >= 4 is 0 Å². The fourth-order valence-electron chi connectivity index (χ4n) is 2.46. The van der Waals surface area contributed by atoms with Gasteiger partial charge >= 0.3 is 0 Å². The Kier molecular flexibility index (Phi) is 5.37. The van der Waals surface area contributed by atoms with E-state index in [1.54, 1.807) is 0 Å². The number of nitrogens with two attached hydrogens (primary N) is 1. The highest BCUT2D eigenvalue weighted by Crippen LogP contribution is 2.24. The van der Waals surface area contributed by atoms with Gasteiger partial charge in [-0.2, -0.15) is 0 Å². The second-order valence-electron chi connectivity index (χ2n) is 5.58. The van der Waals surface area contributed by atoms with Crippen LogP contribution in [0.15, 0.2) is 24.3 Å². The van der Waals surface area contributed by atoms with E-state index in [-0.39, 0.29) is 12.1 Å². The van der Waals surface area contributed by atoms with E-state index in [0.717, 1.165) is 32.7 Å². The first-order valence-corrected chi connectivity index (χ1v) is 7.18. The van der Waals surface area contributed by atoms with Crippen molar-refractivity contribution in [2.24, 2.45) is 11.7 Å². The highest BCUT2D eigenvalue weighted by Gasteiger charge is 2.20. The van der Waals surface area contributed by atoms with Gasteiger partial charge in [-0.15, -0.1) is 0 Å².